The second kappa shape index (κ2) is 6.35. The number of rotatable bonds is 3. The van der Waals surface area contributed by atoms with Crippen LogP contribution < -0.4 is 10.6 Å². The van der Waals surface area contributed by atoms with E-state index in [9.17, 15) is 0 Å². The molecule has 0 unspecified atom stereocenters. The number of hydrogen-bond acceptors (Lipinski definition) is 3. The topological polar surface area (TPSA) is 42.1 Å². The fourth-order valence-corrected chi connectivity index (χ4v) is 4.05. The van der Waals surface area contributed by atoms with Crippen molar-refractivity contribution in [2.75, 3.05) is 18.0 Å². The molecule has 0 aromatic carbocycles. The van der Waals surface area contributed by atoms with Crippen LogP contribution in [0.3, 0.4) is 0 Å². The van der Waals surface area contributed by atoms with Gasteiger partial charge in [-0.05, 0) is 49.7 Å². The van der Waals surface area contributed by atoms with E-state index >= 15 is 0 Å². The smallest absolute Gasteiger partial charge is 0.0572 e. The highest BCUT2D eigenvalue weighted by atomic mass is 15.1. The van der Waals surface area contributed by atoms with Crippen molar-refractivity contribution in [3.63, 3.8) is 0 Å². The lowest BCUT2D eigenvalue weighted by atomic mass is 9.68. The molecule has 0 bridgehead atoms. The molecule has 3 rings (SSSR count). The van der Waals surface area contributed by atoms with Crippen LogP contribution in [0, 0.1) is 5.41 Å². The third kappa shape index (κ3) is 3.23. The zero-order valence-corrected chi connectivity index (χ0v) is 13.4. The molecule has 1 aromatic rings. The van der Waals surface area contributed by atoms with E-state index in [1.165, 1.54) is 63.7 Å². The average molecular weight is 287 g/mol. The molecule has 1 aromatic heterocycles. The molecular weight excluding hydrogens is 258 g/mol. The summed E-state index contributed by atoms with van der Waals surface area (Å²) >= 11 is 0. The van der Waals surface area contributed by atoms with Gasteiger partial charge in [-0.1, -0.05) is 26.2 Å². The monoisotopic (exact) mass is 287 g/mol. The lowest BCUT2D eigenvalue weighted by Gasteiger charge is -2.45. The Morgan fingerprint density at radius 1 is 1.14 bits per heavy atom. The fourth-order valence-electron chi connectivity index (χ4n) is 4.05. The zero-order valence-electron chi connectivity index (χ0n) is 13.4. The van der Waals surface area contributed by atoms with Crippen molar-refractivity contribution in [2.45, 2.75) is 64.3 Å². The van der Waals surface area contributed by atoms with Crippen molar-refractivity contribution in [3.05, 3.63) is 24.0 Å². The summed E-state index contributed by atoms with van der Waals surface area (Å²) in [4.78, 5) is 7.07. The predicted octanol–water partition coefficient (Wildman–Crippen LogP) is 4.04. The third-order valence-electron chi connectivity index (χ3n) is 5.69. The molecule has 1 aliphatic carbocycles. The molecule has 2 aliphatic rings. The van der Waals surface area contributed by atoms with Crippen LogP contribution in [0.1, 0.15) is 70.0 Å². The SMILES string of the molecule is CC[C@H](N)c1ccc(N2CCC3(CCCCC3)CC2)cn1. The normalized spacial score (nSPS) is 23.2. The Kier molecular flexibility index (Phi) is 4.48. The number of nitrogens with zero attached hydrogens (tertiary/aromatic N) is 2. The maximum Gasteiger partial charge on any atom is 0.0572 e. The largest absolute Gasteiger partial charge is 0.370 e. The maximum atomic E-state index is 6.04. The number of nitrogens with two attached hydrogens (primary N) is 1. The highest BCUT2D eigenvalue weighted by Gasteiger charge is 2.35. The van der Waals surface area contributed by atoms with Gasteiger partial charge in [0.1, 0.15) is 0 Å². The number of piperidine rings is 1. The second-order valence-electron chi connectivity index (χ2n) is 7.00. The Hall–Kier alpha value is -1.09. The molecule has 0 radical (unpaired) electrons. The van der Waals surface area contributed by atoms with E-state index in [0.29, 0.717) is 5.41 Å². The summed E-state index contributed by atoms with van der Waals surface area (Å²) in [5, 5.41) is 0. The van der Waals surface area contributed by atoms with Crippen LogP contribution in [0.25, 0.3) is 0 Å². The van der Waals surface area contributed by atoms with E-state index in [0.717, 1.165) is 12.1 Å². The molecule has 21 heavy (non-hydrogen) atoms. The van der Waals surface area contributed by atoms with Gasteiger partial charge in [-0.3, -0.25) is 4.98 Å². The molecule has 1 saturated heterocycles. The average Bonchev–Trinajstić information content (AvgIpc) is 2.56. The van der Waals surface area contributed by atoms with Crippen molar-refractivity contribution in [2.24, 2.45) is 11.1 Å². The van der Waals surface area contributed by atoms with Crippen LogP contribution in [0.4, 0.5) is 5.69 Å². The Morgan fingerprint density at radius 3 is 2.43 bits per heavy atom. The van der Waals surface area contributed by atoms with E-state index in [1.807, 2.05) is 6.20 Å². The summed E-state index contributed by atoms with van der Waals surface area (Å²) in [7, 11) is 0. The first kappa shape index (κ1) is 14.8. The van der Waals surface area contributed by atoms with Crippen molar-refractivity contribution < 1.29 is 0 Å². The van der Waals surface area contributed by atoms with Crippen molar-refractivity contribution >= 4 is 5.69 Å². The van der Waals surface area contributed by atoms with E-state index < -0.39 is 0 Å². The molecule has 1 aliphatic heterocycles. The molecule has 1 atom stereocenters. The highest BCUT2D eigenvalue weighted by Crippen LogP contribution is 2.45. The minimum atomic E-state index is 0.0749. The molecule has 2 fully saturated rings. The molecule has 2 heterocycles. The van der Waals surface area contributed by atoms with Gasteiger partial charge in [0.25, 0.3) is 0 Å². The Balaban J connectivity index is 1.61. The second-order valence-corrected chi connectivity index (χ2v) is 7.00. The quantitative estimate of drug-likeness (QED) is 0.912. The summed E-state index contributed by atoms with van der Waals surface area (Å²) in [5.41, 5.74) is 9.00. The van der Waals surface area contributed by atoms with Gasteiger partial charge in [0.2, 0.25) is 0 Å². The minimum Gasteiger partial charge on any atom is -0.370 e. The van der Waals surface area contributed by atoms with Gasteiger partial charge < -0.3 is 10.6 Å². The molecule has 2 N–H and O–H groups in total. The number of aromatic nitrogens is 1. The third-order valence-corrected chi connectivity index (χ3v) is 5.69. The first-order valence-electron chi connectivity index (χ1n) is 8.69. The predicted molar refractivity (Wildman–Crippen MR) is 88.4 cm³/mol. The first-order chi connectivity index (χ1) is 10.2. The van der Waals surface area contributed by atoms with E-state index in [1.54, 1.807) is 0 Å². The first-order valence-corrected chi connectivity index (χ1v) is 8.69. The van der Waals surface area contributed by atoms with Crippen molar-refractivity contribution in [1.82, 2.24) is 4.98 Å². The maximum absolute atomic E-state index is 6.04. The Morgan fingerprint density at radius 2 is 1.86 bits per heavy atom. The van der Waals surface area contributed by atoms with Crippen LogP contribution in [0.2, 0.25) is 0 Å². The van der Waals surface area contributed by atoms with Gasteiger partial charge in [-0.2, -0.15) is 0 Å². The molecule has 0 amide bonds. The van der Waals surface area contributed by atoms with Gasteiger partial charge in [0.15, 0.2) is 0 Å². The van der Waals surface area contributed by atoms with Gasteiger partial charge in [-0.15, -0.1) is 0 Å². The number of anilines is 1. The van der Waals surface area contributed by atoms with Crippen molar-refractivity contribution in [1.29, 1.82) is 0 Å². The summed E-state index contributed by atoms with van der Waals surface area (Å²) in [6, 6.07) is 4.39. The van der Waals surface area contributed by atoms with Gasteiger partial charge in [-0.25, -0.2) is 0 Å². The van der Waals surface area contributed by atoms with E-state index in [-0.39, 0.29) is 6.04 Å². The van der Waals surface area contributed by atoms with Crippen LogP contribution in [0.15, 0.2) is 18.3 Å². The molecule has 1 spiro atoms. The Bertz CT molecular complexity index is 438. The van der Waals surface area contributed by atoms with Crippen LogP contribution in [-0.4, -0.2) is 18.1 Å². The van der Waals surface area contributed by atoms with Crippen LogP contribution in [-0.2, 0) is 0 Å². The van der Waals surface area contributed by atoms with Gasteiger partial charge >= 0.3 is 0 Å². The Labute approximate surface area is 128 Å². The van der Waals surface area contributed by atoms with Crippen molar-refractivity contribution in [3.8, 4) is 0 Å². The zero-order chi connectivity index (χ0) is 14.7. The van der Waals surface area contributed by atoms with E-state index in [2.05, 4.69) is 28.9 Å². The standard InChI is InChI=1S/C18H29N3/c1-2-16(19)17-7-6-15(14-20-17)21-12-10-18(11-13-21)8-4-3-5-9-18/h6-7,14,16H,2-5,8-13,19H2,1H3/t16-/m0/s1. The van der Waals surface area contributed by atoms with Gasteiger partial charge in [0, 0.05) is 19.1 Å². The fraction of sp³-hybridized carbons (Fsp3) is 0.722. The lowest BCUT2D eigenvalue weighted by molar-refractivity contribution is 0.144. The van der Waals surface area contributed by atoms with E-state index in [4.69, 9.17) is 5.73 Å². The summed E-state index contributed by atoms with van der Waals surface area (Å²) in [6.07, 6.45) is 13.0. The molecule has 116 valence electrons. The lowest BCUT2D eigenvalue weighted by Crippen LogP contribution is -2.41. The summed E-state index contributed by atoms with van der Waals surface area (Å²) in [6.45, 7) is 4.50. The molecule has 3 nitrogen and oxygen atoms in total. The minimum absolute atomic E-state index is 0.0749. The van der Waals surface area contributed by atoms with Gasteiger partial charge in [0.05, 0.1) is 17.6 Å². The molecule has 3 heteroatoms. The molecular formula is C18H29N3. The number of hydrogen-bond donors (Lipinski definition) is 1. The van der Waals surface area contributed by atoms with Crippen LogP contribution in [0.5, 0.6) is 0 Å². The summed E-state index contributed by atoms with van der Waals surface area (Å²) in [5.74, 6) is 0. The highest BCUT2D eigenvalue weighted by molar-refractivity contribution is 5.45. The molecule has 1 saturated carbocycles. The summed E-state index contributed by atoms with van der Waals surface area (Å²) < 4.78 is 0. The van der Waals surface area contributed by atoms with Crippen LogP contribution >= 0.6 is 0 Å². The number of pyridine rings is 1.